The average Bonchev–Trinajstić information content (AvgIpc) is 3.49. The number of carbonyl (C=O) groups is 1. The zero-order valence-electron chi connectivity index (χ0n) is 20.3. The molecular formula is C27H31N5O2. The highest BCUT2D eigenvalue weighted by Gasteiger charge is 2.31. The van der Waals surface area contributed by atoms with Crippen LogP contribution in [-0.4, -0.2) is 42.7 Å². The lowest BCUT2D eigenvalue weighted by atomic mass is 9.97. The van der Waals surface area contributed by atoms with Crippen LogP contribution in [0.15, 0.2) is 41.2 Å². The number of aromatic nitrogens is 4. The second kappa shape index (κ2) is 9.05. The van der Waals surface area contributed by atoms with Gasteiger partial charge in [0.25, 0.3) is 5.91 Å². The summed E-state index contributed by atoms with van der Waals surface area (Å²) in [7, 11) is 0. The van der Waals surface area contributed by atoms with E-state index in [0.29, 0.717) is 17.1 Å². The number of piperidine rings is 1. The molecule has 0 radical (unpaired) electrons. The van der Waals surface area contributed by atoms with E-state index in [-0.39, 0.29) is 11.9 Å². The van der Waals surface area contributed by atoms with Gasteiger partial charge in [-0.25, -0.2) is 15.0 Å². The van der Waals surface area contributed by atoms with Gasteiger partial charge in [0.15, 0.2) is 0 Å². The van der Waals surface area contributed by atoms with Crippen LogP contribution in [0.2, 0.25) is 0 Å². The molecule has 1 saturated heterocycles. The van der Waals surface area contributed by atoms with Crippen LogP contribution in [-0.2, 0) is 12.8 Å². The summed E-state index contributed by atoms with van der Waals surface area (Å²) >= 11 is 0. The molecule has 1 amide bonds. The van der Waals surface area contributed by atoms with Gasteiger partial charge < -0.3 is 13.7 Å². The van der Waals surface area contributed by atoms with Gasteiger partial charge in [0.1, 0.15) is 17.1 Å². The van der Waals surface area contributed by atoms with Crippen molar-refractivity contribution in [3.8, 4) is 11.5 Å². The van der Waals surface area contributed by atoms with Crippen molar-refractivity contribution in [1.29, 1.82) is 0 Å². The molecule has 0 N–H and O–H groups in total. The minimum Gasteiger partial charge on any atom is -0.441 e. The molecule has 7 heteroatoms. The van der Waals surface area contributed by atoms with E-state index in [1.807, 2.05) is 30.9 Å². The molecule has 5 rings (SSSR count). The molecule has 1 aliphatic heterocycles. The minimum absolute atomic E-state index is 0.0598. The van der Waals surface area contributed by atoms with Crippen LogP contribution in [0, 0.1) is 20.8 Å². The molecule has 1 fully saturated rings. The normalized spacial score (nSPS) is 16.4. The molecule has 0 aromatic carbocycles. The molecule has 0 aliphatic carbocycles. The Morgan fingerprint density at radius 2 is 2.00 bits per heavy atom. The molecular weight excluding hydrogens is 426 g/mol. The van der Waals surface area contributed by atoms with E-state index >= 15 is 0 Å². The maximum atomic E-state index is 13.9. The Labute approximate surface area is 199 Å². The van der Waals surface area contributed by atoms with Crippen LogP contribution in [0.3, 0.4) is 0 Å². The van der Waals surface area contributed by atoms with E-state index in [1.165, 1.54) is 11.1 Å². The SMILES string of the molecule is CCc1cnc(-c2ccc(C)nc2C(=O)N2CCCCC2Cc2cn3ccc(C)c(C)c3n2)o1. The maximum Gasteiger partial charge on any atom is 0.273 e. The van der Waals surface area contributed by atoms with Crippen molar-refractivity contribution in [3.05, 3.63) is 70.8 Å². The van der Waals surface area contributed by atoms with Gasteiger partial charge >= 0.3 is 0 Å². The summed E-state index contributed by atoms with van der Waals surface area (Å²) in [6.45, 7) is 8.85. The van der Waals surface area contributed by atoms with Gasteiger partial charge in [-0.1, -0.05) is 6.92 Å². The molecule has 0 bridgehead atoms. The number of aryl methyl sites for hydroxylation is 4. The molecule has 0 spiro atoms. The van der Waals surface area contributed by atoms with Gasteiger partial charge in [-0.3, -0.25) is 4.79 Å². The van der Waals surface area contributed by atoms with Crippen molar-refractivity contribution < 1.29 is 9.21 Å². The highest BCUT2D eigenvalue weighted by molar-refractivity contribution is 5.98. The topological polar surface area (TPSA) is 76.5 Å². The molecule has 176 valence electrons. The van der Waals surface area contributed by atoms with E-state index in [0.717, 1.165) is 61.4 Å². The number of rotatable bonds is 5. The number of carbonyl (C=O) groups excluding carboxylic acids is 1. The largest absolute Gasteiger partial charge is 0.441 e. The number of likely N-dealkylation sites (tertiary alicyclic amines) is 1. The molecule has 1 atom stereocenters. The summed E-state index contributed by atoms with van der Waals surface area (Å²) in [5.74, 6) is 1.19. The maximum absolute atomic E-state index is 13.9. The van der Waals surface area contributed by atoms with E-state index in [1.54, 1.807) is 6.20 Å². The summed E-state index contributed by atoms with van der Waals surface area (Å²) in [5, 5.41) is 0. The standard InChI is InChI=1S/C27H31N5O2/c1-5-22-15-28-26(34-22)23-10-9-18(3)29-24(23)27(33)32-12-7-6-8-21(32)14-20-16-31-13-11-17(2)19(4)25(31)30-20/h9-11,13,15-16,21H,5-8,12,14H2,1-4H3. The van der Waals surface area contributed by atoms with Crippen molar-refractivity contribution in [3.63, 3.8) is 0 Å². The summed E-state index contributed by atoms with van der Waals surface area (Å²) in [6.07, 6.45) is 10.4. The Kier molecular flexibility index (Phi) is 5.94. The first-order valence-electron chi connectivity index (χ1n) is 12.1. The van der Waals surface area contributed by atoms with Crippen molar-refractivity contribution in [2.45, 2.75) is 65.8 Å². The lowest BCUT2D eigenvalue weighted by molar-refractivity contribution is 0.0607. The number of oxazole rings is 1. The number of nitrogens with zero attached hydrogens (tertiary/aromatic N) is 5. The third kappa shape index (κ3) is 4.11. The molecule has 1 aliphatic rings. The van der Waals surface area contributed by atoms with Crippen molar-refractivity contribution in [2.24, 2.45) is 0 Å². The lowest BCUT2D eigenvalue weighted by Crippen LogP contribution is -2.45. The fourth-order valence-electron chi connectivity index (χ4n) is 4.77. The monoisotopic (exact) mass is 457 g/mol. The fraction of sp³-hybridized carbons (Fsp3) is 0.407. The zero-order valence-corrected chi connectivity index (χ0v) is 20.3. The third-order valence-electron chi connectivity index (χ3n) is 6.90. The first-order valence-corrected chi connectivity index (χ1v) is 12.1. The molecule has 34 heavy (non-hydrogen) atoms. The first-order chi connectivity index (χ1) is 16.4. The first kappa shape index (κ1) is 22.3. The molecule has 4 aromatic heterocycles. The van der Waals surface area contributed by atoms with E-state index < -0.39 is 0 Å². The average molecular weight is 458 g/mol. The predicted molar refractivity (Wildman–Crippen MR) is 131 cm³/mol. The van der Waals surface area contributed by atoms with E-state index in [9.17, 15) is 4.79 Å². The van der Waals surface area contributed by atoms with Crippen LogP contribution >= 0.6 is 0 Å². The van der Waals surface area contributed by atoms with Gasteiger partial charge in [-0.05, 0) is 69.4 Å². The van der Waals surface area contributed by atoms with Crippen LogP contribution in [0.25, 0.3) is 17.1 Å². The van der Waals surface area contributed by atoms with Gasteiger partial charge in [0.05, 0.1) is 17.5 Å². The second-order valence-electron chi connectivity index (χ2n) is 9.27. The number of hydrogen-bond donors (Lipinski definition) is 0. The smallest absolute Gasteiger partial charge is 0.273 e. The highest BCUT2D eigenvalue weighted by Crippen LogP contribution is 2.28. The second-order valence-corrected chi connectivity index (χ2v) is 9.27. The number of hydrogen-bond acceptors (Lipinski definition) is 5. The predicted octanol–water partition coefficient (Wildman–Crippen LogP) is 5.11. The van der Waals surface area contributed by atoms with Gasteiger partial charge in [-0.2, -0.15) is 0 Å². The fourth-order valence-corrected chi connectivity index (χ4v) is 4.77. The quantitative estimate of drug-likeness (QED) is 0.416. The molecule has 0 saturated carbocycles. The minimum atomic E-state index is -0.0598. The van der Waals surface area contributed by atoms with Crippen LogP contribution < -0.4 is 0 Å². The number of amides is 1. The summed E-state index contributed by atoms with van der Waals surface area (Å²) < 4.78 is 7.96. The third-order valence-corrected chi connectivity index (χ3v) is 6.90. The van der Waals surface area contributed by atoms with E-state index in [4.69, 9.17) is 9.40 Å². The van der Waals surface area contributed by atoms with Crippen molar-refractivity contribution in [2.75, 3.05) is 6.54 Å². The zero-order chi connectivity index (χ0) is 23.8. The van der Waals surface area contributed by atoms with Gasteiger partial charge in [0, 0.05) is 43.5 Å². The summed E-state index contributed by atoms with van der Waals surface area (Å²) in [4.78, 5) is 29.8. The lowest BCUT2D eigenvalue weighted by Gasteiger charge is -2.35. The Morgan fingerprint density at radius 3 is 2.79 bits per heavy atom. The number of imidazole rings is 1. The summed E-state index contributed by atoms with van der Waals surface area (Å²) in [5.41, 5.74) is 6.29. The molecule has 1 unspecified atom stereocenters. The van der Waals surface area contributed by atoms with E-state index in [2.05, 4.69) is 46.7 Å². The Morgan fingerprint density at radius 1 is 1.15 bits per heavy atom. The van der Waals surface area contributed by atoms with Gasteiger partial charge in [-0.15, -0.1) is 0 Å². The van der Waals surface area contributed by atoms with Crippen LogP contribution in [0.1, 0.15) is 64.9 Å². The van der Waals surface area contributed by atoms with Crippen molar-refractivity contribution in [1.82, 2.24) is 24.3 Å². The van der Waals surface area contributed by atoms with Crippen molar-refractivity contribution >= 4 is 11.6 Å². The Balaban J connectivity index is 1.46. The number of fused-ring (bicyclic) bond motifs is 1. The molecule has 7 nitrogen and oxygen atoms in total. The number of pyridine rings is 2. The molecule has 4 aromatic rings. The Bertz CT molecular complexity index is 1350. The summed E-state index contributed by atoms with van der Waals surface area (Å²) in [6, 6.07) is 5.99. The van der Waals surface area contributed by atoms with Gasteiger partial charge in [0.2, 0.25) is 5.89 Å². The Hall–Kier alpha value is -3.48. The van der Waals surface area contributed by atoms with Crippen LogP contribution in [0.5, 0.6) is 0 Å². The van der Waals surface area contributed by atoms with Crippen LogP contribution in [0.4, 0.5) is 0 Å². The highest BCUT2D eigenvalue weighted by atomic mass is 16.4. The molecule has 5 heterocycles.